The second-order valence-corrected chi connectivity index (χ2v) is 8.11. The predicted molar refractivity (Wildman–Crippen MR) is 107 cm³/mol. The van der Waals surface area contributed by atoms with Crippen LogP contribution in [0.1, 0.15) is 57.9 Å². The van der Waals surface area contributed by atoms with Gasteiger partial charge < -0.3 is 10.1 Å². The number of hydrogen-bond acceptors (Lipinski definition) is 4. The van der Waals surface area contributed by atoms with Crippen molar-refractivity contribution in [2.24, 2.45) is 0 Å². The first-order chi connectivity index (χ1) is 11.9. The van der Waals surface area contributed by atoms with Crippen LogP contribution in [0.4, 0.5) is 0 Å². The quantitative estimate of drug-likeness (QED) is 0.446. The van der Waals surface area contributed by atoms with Gasteiger partial charge in [-0.3, -0.25) is 4.72 Å². The first kappa shape index (κ1) is 21.7. The maximum Gasteiger partial charge on any atom is 0.263 e. The lowest BCUT2D eigenvalue weighted by molar-refractivity contribution is 0.304. The van der Waals surface area contributed by atoms with Gasteiger partial charge in [0.2, 0.25) is 0 Å². The number of ether oxygens (including phenoxy) is 1. The second kappa shape index (κ2) is 11.3. The molecule has 1 aromatic carbocycles. The minimum atomic E-state index is -3.69. The van der Waals surface area contributed by atoms with Crippen LogP contribution < -0.4 is 14.8 Å². The molecule has 1 aromatic rings. The first-order valence-electron chi connectivity index (χ1n) is 8.94. The van der Waals surface area contributed by atoms with Crippen molar-refractivity contribution in [2.75, 3.05) is 13.2 Å². The summed E-state index contributed by atoms with van der Waals surface area (Å²) in [5, 5.41) is 3.03. The van der Waals surface area contributed by atoms with Gasteiger partial charge in [-0.1, -0.05) is 39.5 Å². The summed E-state index contributed by atoms with van der Waals surface area (Å²) < 4.78 is 33.0. The highest BCUT2D eigenvalue weighted by atomic mass is 32.2. The smallest absolute Gasteiger partial charge is 0.263 e. The van der Waals surface area contributed by atoms with E-state index in [1.807, 2.05) is 0 Å². The van der Waals surface area contributed by atoms with E-state index in [2.05, 4.69) is 23.9 Å². The number of hydrogen-bond donors (Lipinski definition) is 2. The molecular weight excluding hydrogens is 356 g/mol. The zero-order valence-corrected chi connectivity index (χ0v) is 17.1. The predicted octanol–water partition coefficient (Wildman–Crippen LogP) is 3.91. The van der Waals surface area contributed by atoms with Gasteiger partial charge in [0, 0.05) is 6.54 Å². The molecule has 0 aliphatic carbocycles. The van der Waals surface area contributed by atoms with Gasteiger partial charge in [0.05, 0.1) is 11.5 Å². The summed E-state index contributed by atoms with van der Waals surface area (Å²) in [6.45, 7) is 7.29. The molecule has 25 heavy (non-hydrogen) atoms. The van der Waals surface area contributed by atoms with Gasteiger partial charge in [-0.15, -0.1) is 0 Å². The highest BCUT2D eigenvalue weighted by Crippen LogP contribution is 2.21. The van der Waals surface area contributed by atoms with Crippen molar-refractivity contribution < 1.29 is 13.2 Å². The first-order valence-corrected chi connectivity index (χ1v) is 10.8. The van der Waals surface area contributed by atoms with Crippen LogP contribution >= 0.6 is 12.2 Å². The fourth-order valence-corrected chi connectivity index (χ4v) is 3.91. The topological polar surface area (TPSA) is 67.4 Å². The summed E-state index contributed by atoms with van der Waals surface area (Å²) >= 11 is 5.05. The van der Waals surface area contributed by atoms with Crippen molar-refractivity contribution in [3.05, 3.63) is 23.8 Å². The van der Waals surface area contributed by atoms with Gasteiger partial charge in [-0.2, -0.15) is 0 Å². The highest BCUT2D eigenvalue weighted by Gasteiger charge is 2.18. The Hall–Kier alpha value is -1.34. The van der Waals surface area contributed by atoms with Crippen molar-refractivity contribution in [1.82, 2.24) is 10.0 Å². The Morgan fingerprint density at radius 1 is 1.12 bits per heavy atom. The molecule has 142 valence electrons. The third-order valence-corrected chi connectivity index (χ3v) is 5.63. The molecule has 2 N–H and O–H groups in total. The molecule has 0 fully saturated rings. The van der Waals surface area contributed by atoms with Gasteiger partial charge in [0.25, 0.3) is 10.0 Å². The van der Waals surface area contributed by atoms with Crippen LogP contribution in [0, 0.1) is 6.92 Å². The lowest BCUT2D eigenvalue weighted by atomic mass is 10.2. The van der Waals surface area contributed by atoms with E-state index in [1.54, 1.807) is 25.1 Å². The van der Waals surface area contributed by atoms with Gasteiger partial charge in [-0.25, -0.2) is 8.42 Å². The van der Waals surface area contributed by atoms with Crippen LogP contribution in [0.5, 0.6) is 5.75 Å². The van der Waals surface area contributed by atoms with E-state index in [-0.39, 0.29) is 10.0 Å². The third-order valence-electron chi connectivity index (χ3n) is 3.75. The molecule has 0 aliphatic rings. The SMILES string of the molecule is CCCCCCOc1ccc(S(=O)(=O)NC(=S)NCCCC)c(C)c1. The summed E-state index contributed by atoms with van der Waals surface area (Å²) in [4.78, 5) is 0.213. The number of aryl methyl sites for hydroxylation is 1. The van der Waals surface area contributed by atoms with Crippen molar-refractivity contribution in [3.8, 4) is 5.75 Å². The summed E-state index contributed by atoms with van der Waals surface area (Å²) in [6.07, 6.45) is 6.50. The van der Waals surface area contributed by atoms with Crippen LogP contribution in [0.15, 0.2) is 23.1 Å². The Kier molecular flexibility index (Phi) is 9.82. The van der Waals surface area contributed by atoms with Gasteiger partial charge in [0.15, 0.2) is 5.11 Å². The van der Waals surface area contributed by atoms with Crippen molar-refractivity contribution >= 4 is 27.4 Å². The van der Waals surface area contributed by atoms with E-state index in [4.69, 9.17) is 17.0 Å². The molecule has 0 bridgehead atoms. The van der Waals surface area contributed by atoms with Crippen LogP contribution in [0.25, 0.3) is 0 Å². The molecule has 1 rings (SSSR count). The maximum atomic E-state index is 12.5. The molecule has 0 saturated carbocycles. The number of thiocarbonyl (C=S) groups is 1. The highest BCUT2D eigenvalue weighted by molar-refractivity contribution is 7.91. The fraction of sp³-hybridized carbons (Fsp3) is 0.611. The van der Waals surface area contributed by atoms with E-state index in [1.165, 1.54) is 12.8 Å². The monoisotopic (exact) mass is 386 g/mol. The molecular formula is C18H30N2O3S2. The van der Waals surface area contributed by atoms with Crippen LogP contribution in [0.3, 0.4) is 0 Å². The third kappa shape index (κ3) is 8.05. The summed E-state index contributed by atoms with van der Waals surface area (Å²) in [7, 11) is -3.69. The Morgan fingerprint density at radius 2 is 1.84 bits per heavy atom. The van der Waals surface area contributed by atoms with E-state index >= 15 is 0 Å². The molecule has 0 saturated heterocycles. The van der Waals surface area contributed by atoms with Crippen LogP contribution in [-0.4, -0.2) is 26.7 Å². The summed E-state index contributed by atoms with van der Waals surface area (Å²) in [5.41, 5.74) is 0.634. The van der Waals surface area contributed by atoms with Gasteiger partial charge in [-0.05, 0) is 55.7 Å². The molecule has 0 aliphatic heterocycles. The summed E-state index contributed by atoms with van der Waals surface area (Å²) in [6, 6.07) is 5.00. The lowest BCUT2D eigenvalue weighted by Gasteiger charge is -2.13. The average Bonchev–Trinajstić information content (AvgIpc) is 2.54. The minimum absolute atomic E-state index is 0.129. The standard InChI is InChI=1S/C18H30N2O3S2/c1-4-6-8-9-13-23-16-10-11-17(15(3)14-16)25(21,22)20-18(24)19-12-7-5-2/h10-11,14H,4-9,12-13H2,1-3H3,(H2,19,20,24). The number of unbranched alkanes of at least 4 members (excludes halogenated alkanes) is 4. The Balaban J connectivity index is 2.63. The van der Waals surface area contributed by atoms with Crippen molar-refractivity contribution in [2.45, 2.75) is 64.2 Å². The Labute approximate surface area is 157 Å². The lowest BCUT2D eigenvalue weighted by Crippen LogP contribution is -2.39. The summed E-state index contributed by atoms with van der Waals surface area (Å²) in [5.74, 6) is 0.691. The van der Waals surface area contributed by atoms with E-state index in [0.717, 1.165) is 25.7 Å². The van der Waals surface area contributed by atoms with Crippen LogP contribution in [-0.2, 0) is 10.0 Å². The zero-order chi connectivity index (χ0) is 18.7. The fourth-order valence-electron chi connectivity index (χ4n) is 2.32. The number of sulfonamides is 1. The zero-order valence-electron chi connectivity index (χ0n) is 15.4. The van der Waals surface area contributed by atoms with Gasteiger partial charge in [0.1, 0.15) is 5.75 Å². The number of rotatable bonds is 11. The largest absolute Gasteiger partial charge is 0.494 e. The number of benzene rings is 1. The Morgan fingerprint density at radius 3 is 2.48 bits per heavy atom. The number of nitrogens with one attached hydrogen (secondary N) is 2. The second-order valence-electron chi connectivity index (χ2n) is 6.05. The molecule has 0 heterocycles. The molecule has 0 amide bonds. The molecule has 0 aromatic heterocycles. The maximum absolute atomic E-state index is 12.5. The van der Waals surface area contributed by atoms with E-state index in [9.17, 15) is 8.42 Å². The van der Waals surface area contributed by atoms with E-state index in [0.29, 0.717) is 24.5 Å². The average molecular weight is 387 g/mol. The molecule has 0 atom stereocenters. The van der Waals surface area contributed by atoms with Crippen LogP contribution in [0.2, 0.25) is 0 Å². The minimum Gasteiger partial charge on any atom is -0.494 e. The molecule has 0 unspecified atom stereocenters. The van der Waals surface area contributed by atoms with Crippen molar-refractivity contribution in [1.29, 1.82) is 0 Å². The van der Waals surface area contributed by atoms with E-state index < -0.39 is 10.0 Å². The molecule has 0 spiro atoms. The van der Waals surface area contributed by atoms with Gasteiger partial charge >= 0.3 is 0 Å². The molecule has 5 nitrogen and oxygen atoms in total. The normalized spacial score (nSPS) is 11.2. The van der Waals surface area contributed by atoms with Crippen molar-refractivity contribution in [3.63, 3.8) is 0 Å². The molecule has 0 radical (unpaired) electrons. The molecule has 7 heteroatoms. The Bertz CT molecular complexity index is 646.